The number of methoxy groups -OCH3 is 1. The predicted octanol–water partition coefficient (Wildman–Crippen LogP) is 2.54. The van der Waals surface area contributed by atoms with Crippen molar-refractivity contribution in [2.24, 2.45) is 0 Å². The third-order valence-electron chi connectivity index (χ3n) is 2.96. The van der Waals surface area contributed by atoms with Crippen molar-refractivity contribution in [2.75, 3.05) is 19.0 Å². The lowest BCUT2D eigenvalue weighted by molar-refractivity contribution is -0.120. The molecule has 1 amide bonds. The molecule has 1 aromatic carbocycles. The topological polar surface area (TPSA) is 50.4 Å². The van der Waals surface area contributed by atoms with Crippen molar-refractivity contribution in [3.63, 3.8) is 0 Å². The molecule has 18 heavy (non-hydrogen) atoms. The number of carbonyl (C=O) groups is 1. The van der Waals surface area contributed by atoms with Gasteiger partial charge in [-0.2, -0.15) is 0 Å². The number of hydrogen-bond acceptors (Lipinski definition) is 3. The maximum atomic E-state index is 11.5. The number of hydrogen-bond donors (Lipinski definition) is 2. The van der Waals surface area contributed by atoms with Crippen LogP contribution in [0.1, 0.15) is 19.3 Å². The minimum absolute atomic E-state index is 0.118. The molecule has 1 atom stereocenters. The summed E-state index contributed by atoms with van der Waals surface area (Å²) in [4.78, 5) is 11.5. The average molecular weight is 313 g/mol. The summed E-state index contributed by atoms with van der Waals surface area (Å²) >= 11 is 3.45. The normalized spacial score (nSPS) is 19.9. The molecule has 0 spiro atoms. The Morgan fingerprint density at radius 1 is 1.44 bits per heavy atom. The Bertz CT molecular complexity index is 437. The van der Waals surface area contributed by atoms with Gasteiger partial charge in [0.2, 0.25) is 5.91 Å². The second-order valence-corrected chi connectivity index (χ2v) is 5.33. The maximum absolute atomic E-state index is 11.5. The molecule has 0 radical (unpaired) electrons. The first-order valence-corrected chi connectivity index (χ1v) is 6.84. The summed E-state index contributed by atoms with van der Waals surface area (Å²) in [6, 6.07) is 6.02. The van der Waals surface area contributed by atoms with Crippen LogP contribution in [-0.4, -0.2) is 25.6 Å². The fourth-order valence-electron chi connectivity index (χ4n) is 2.10. The number of ether oxygens (including phenoxy) is 1. The van der Waals surface area contributed by atoms with Crippen molar-refractivity contribution in [1.82, 2.24) is 5.32 Å². The average Bonchev–Trinajstić information content (AvgIpc) is 2.52. The van der Waals surface area contributed by atoms with Crippen LogP contribution in [0.5, 0.6) is 5.75 Å². The molecule has 0 saturated carbocycles. The number of halogens is 1. The summed E-state index contributed by atoms with van der Waals surface area (Å²) in [5, 5.41) is 6.28. The van der Waals surface area contributed by atoms with E-state index in [1.54, 1.807) is 7.11 Å². The molecule has 1 aliphatic rings. The number of nitrogens with one attached hydrogen (secondary N) is 2. The minimum Gasteiger partial charge on any atom is -0.497 e. The van der Waals surface area contributed by atoms with Gasteiger partial charge in [0.25, 0.3) is 0 Å². The van der Waals surface area contributed by atoms with Crippen LogP contribution < -0.4 is 15.4 Å². The van der Waals surface area contributed by atoms with Gasteiger partial charge in [-0.3, -0.25) is 4.79 Å². The second-order valence-electron chi connectivity index (χ2n) is 4.42. The van der Waals surface area contributed by atoms with Crippen LogP contribution in [-0.2, 0) is 4.79 Å². The highest BCUT2D eigenvalue weighted by Gasteiger charge is 2.17. The number of benzene rings is 1. The molecule has 4 nitrogen and oxygen atoms in total. The molecular formula is C13H17BrN2O2. The maximum Gasteiger partial charge on any atom is 0.222 e. The molecule has 1 fully saturated rings. The molecule has 1 saturated heterocycles. The molecular weight excluding hydrogens is 296 g/mol. The molecule has 2 rings (SSSR count). The Morgan fingerprint density at radius 3 is 3.06 bits per heavy atom. The summed E-state index contributed by atoms with van der Waals surface area (Å²) in [5.74, 6) is 0.914. The predicted molar refractivity (Wildman–Crippen MR) is 75.0 cm³/mol. The van der Waals surface area contributed by atoms with E-state index in [-0.39, 0.29) is 11.9 Å². The lowest BCUT2D eigenvalue weighted by Gasteiger charge is -2.17. The summed E-state index contributed by atoms with van der Waals surface area (Å²) in [5.41, 5.74) is 0.973. The van der Waals surface area contributed by atoms with Crippen LogP contribution in [0.25, 0.3) is 0 Å². The summed E-state index contributed by atoms with van der Waals surface area (Å²) < 4.78 is 6.18. The van der Waals surface area contributed by atoms with Gasteiger partial charge in [-0.25, -0.2) is 0 Å². The van der Waals surface area contributed by atoms with Gasteiger partial charge in [-0.1, -0.05) is 15.9 Å². The lowest BCUT2D eigenvalue weighted by Crippen LogP contribution is -2.26. The molecule has 98 valence electrons. The van der Waals surface area contributed by atoms with Crippen molar-refractivity contribution in [1.29, 1.82) is 0 Å². The van der Waals surface area contributed by atoms with Crippen LogP contribution in [0.2, 0.25) is 0 Å². The van der Waals surface area contributed by atoms with E-state index in [0.29, 0.717) is 6.42 Å². The zero-order chi connectivity index (χ0) is 13.0. The van der Waals surface area contributed by atoms with Gasteiger partial charge in [0.1, 0.15) is 5.75 Å². The first kappa shape index (κ1) is 13.2. The molecule has 0 aromatic heterocycles. The highest BCUT2D eigenvalue weighted by Crippen LogP contribution is 2.26. The third-order valence-corrected chi connectivity index (χ3v) is 3.42. The van der Waals surface area contributed by atoms with E-state index < -0.39 is 0 Å². The van der Waals surface area contributed by atoms with E-state index in [9.17, 15) is 4.79 Å². The van der Waals surface area contributed by atoms with E-state index in [2.05, 4.69) is 26.6 Å². The Hall–Kier alpha value is -1.23. The zero-order valence-corrected chi connectivity index (χ0v) is 11.9. The highest BCUT2D eigenvalue weighted by molar-refractivity contribution is 9.10. The van der Waals surface area contributed by atoms with Gasteiger partial charge in [-0.15, -0.1) is 0 Å². The SMILES string of the molecule is COc1cc(Br)cc(NC2CCCNC(=O)C2)c1. The van der Waals surface area contributed by atoms with Crippen molar-refractivity contribution < 1.29 is 9.53 Å². The van der Waals surface area contributed by atoms with E-state index in [1.807, 2.05) is 18.2 Å². The van der Waals surface area contributed by atoms with Crippen molar-refractivity contribution >= 4 is 27.5 Å². The van der Waals surface area contributed by atoms with Gasteiger partial charge in [0.15, 0.2) is 0 Å². The van der Waals surface area contributed by atoms with E-state index >= 15 is 0 Å². The Kier molecular flexibility index (Phi) is 4.47. The largest absolute Gasteiger partial charge is 0.497 e. The molecule has 1 heterocycles. The Balaban J connectivity index is 2.07. The number of anilines is 1. The molecule has 2 N–H and O–H groups in total. The Morgan fingerprint density at radius 2 is 2.28 bits per heavy atom. The summed E-state index contributed by atoms with van der Waals surface area (Å²) in [7, 11) is 1.64. The first-order valence-electron chi connectivity index (χ1n) is 6.05. The fraction of sp³-hybridized carbons (Fsp3) is 0.462. The van der Waals surface area contributed by atoms with Crippen LogP contribution in [0.4, 0.5) is 5.69 Å². The quantitative estimate of drug-likeness (QED) is 0.901. The zero-order valence-electron chi connectivity index (χ0n) is 10.3. The first-order chi connectivity index (χ1) is 8.67. The second kappa shape index (κ2) is 6.09. The van der Waals surface area contributed by atoms with Gasteiger partial charge in [-0.05, 0) is 25.0 Å². The van der Waals surface area contributed by atoms with E-state index in [1.165, 1.54) is 0 Å². The summed E-state index contributed by atoms with van der Waals surface area (Å²) in [6.07, 6.45) is 2.52. The van der Waals surface area contributed by atoms with Crippen LogP contribution in [0.15, 0.2) is 22.7 Å². The number of rotatable bonds is 3. The fourth-order valence-corrected chi connectivity index (χ4v) is 2.57. The molecule has 0 bridgehead atoms. The van der Waals surface area contributed by atoms with Gasteiger partial charge >= 0.3 is 0 Å². The highest BCUT2D eigenvalue weighted by atomic mass is 79.9. The monoisotopic (exact) mass is 312 g/mol. The van der Waals surface area contributed by atoms with Gasteiger partial charge in [0, 0.05) is 35.2 Å². The summed E-state index contributed by atoms with van der Waals surface area (Å²) in [6.45, 7) is 0.777. The molecule has 1 unspecified atom stereocenters. The Labute approximate surface area is 115 Å². The molecule has 0 aliphatic carbocycles. The van der Waals surface area contributed by atoms with Crippen molar-refractivity contribution in [3.05, 3.63) is 22.7 Å². The van der Waals surface area contributed by atoms with Gasteiger partial charge < -0.3 is 15.4 Å². The molecule has 1 aliphatic heterocycles. The van der Waals surface area contributed by atoms with Crippen LogP contribution in [0, 0.1) is 0 Å². The smallest absolute Gasteiger partial charge is 0.222 e. The third kappa shape index (κ3) is 3.63. The number of carbonyl (C=O) groups excluding carboxylic acids is 1. The molecule has 1 aromatic rings. The standard InChI is InChI=1S/C13H17BrN2O2/c1-18-12-6-9(14)5-11(7-12)16-10-3-2-4-15-13(17)8-10/h5-7,10,16H,2-4,8H2,1H3,(H,15,17). The van der Waals surface area contributed by atoms with E-state index in [4.69, 9.17) is 4.74 Å². The van der Waals surface area contributed by atoms with Crippen molar-refractivity contribution in [3.8, 4) is 5.75 Å². The number of amides is 1. The lowest BCUT2D eigenvalue weighted by atomic mass is 10.1. The van der Waals surface area contributed by atoms with Gasteiger partial charge in [0.05, 0.1) is 7.11 Å². The van der Waals surface area contributed by atoms with Crippen LogP contribution >= 0.6 is 15.9 Å². The van der Waals surface area contributed by atoms with Crippen LogP contribution in [0.3, 0.4) is 0 Å². The molecule has 5 heteroatoms. The van der Waals surface area contributed by atoms with E-state index in [0.717, 1.165) is 35.3 Å². The van der Waals surface area contributed by atoms with Crippen molar-refractivity contribution in [2.45, 2.75) is 25.3 Å². The minimum atomic E-state index is 0.118.